The van der Waals surface area contributed by atoms with E-state index in [9.17, 15) is 0 Å². The highest BCUT2D eigenvalue weighted by Crippen LogP contribution is 2.14. The number of hydrogen-bond donors (Lipinski definition) is 2. The molecule has 0 amide bonds. The lowest BCUT2D eigenvalue weighted by atomic mass is 9.92. The van der Waals surface area contributed by atoms with Gasteiger partial charge in [-0.15, -0.1) is 0 Å². The molecule has 4 heteroatoms. The van der Waals surface area contributed by atoms with Crippen molar-refractivity contribution in [2.24, 2.45) is 11.3 Å². The summed E-state index contributed by atoms with van der Waals surface area (Å²) in [5.41, 5.74) is 0.265. The highest BCUT2D eigenvalue weighted by molar-refractivity contribution is 4.75. The summed E-state index contributed by atoms with van der Waals surface area (Å²) in [5, 5.41) is 12.1. The number of aliphatic hydroxyl groups excluding tert-OH is 1. The number of rotatable bonds is 11. The highest BCUT2D eigenvalue weighted by atomic mass is 16.5. The molecule has 18 heavy (non-hydrogen) atoms. The van der Waals surface area contributed by atoms with Gasteiger partial charge in [0.05, 0.1) is 19.8 Å². The summed E-state index contributed by atoms with van der Waals surface area (Å²) < 4.78 is 5.27. The van der Waals surface area contributed by atoms with Gasteiger partial charge >= 0.3 is 0 Å². The van der Waals surface area contributed by atoms with E-state index in [4.69, 9.17) is 9.84 Å². The molecule has 0 heterocycles. The van der Waals surface area contributed by atoms with Crippen molar-refractivity contribution in [2.45, 2.75) is 27.7 Å². The van der Waals surface area contributed by atoms with E-state index >= 15 is 0 Å². The molecule has 0 spiro atoms. The fraction of sp³-hybridized carbons (Fsp3) is 1.00. The predicted molar refractivity (Wildman–Crippen MR) is 76.9 cm³/mol. The van der Waals surface area contributed by atoms with Gasteiger partial charge in [0.2, 0.25) is 0 Å². The third-order valence-electron chi connectivity index (χ3n) is 2.71. The molecule has 0 saturated heterocycles. The van der Waals surface area contributed by atoms with Gasteiger partial charge < -0.3 is 20.1 Å². The van der Waals surface area contributed by atoms with Crippen LogP contribution in [0.1, 0.15) is 27.7 Å². The van der Waals surface area contributed by atoms with Crippen molar-refractivity contribution in [1.82, 2.24) is 10.2 Å². The van der Waals surface area contributed by atoms with Gasteiger partial charge in [0.1, 0.15) is 0 Å². The van der Waals surface area contributed by atoms with Gasteiger partial charge in [-0.25, -0.2) is 0 Å². The molecule has 0 aliphatic heterocycles. The molecule has 0 saturated carbocycles. The third-order valence-corrected chi connectivity index (χ3v) is 2.71. The van der Waals surface area contributed by atoms with Crippen molar-refractivity contribution in [3.05, 3.63) is 0 Å². The molecular weight excluding hydrogens is 228 g/mol. The molecule has 0 unspecified atom stereocenters. The number of likely N-dealkylation sites (N-methyl/N-ethyl adjacent to an activating group) is 1. The largest absolute Gasteiger partial charge is 0.394 e. The van der Waals surface area contributed by atoms with Crippen LogP contribution in [0.15, 0.2) is 0 Å². The Bertz CT molecular complexity index is 196. The zero-order valence-corrected chi connectivity index (χ0v) is 12.8. The fourth-order valence-electron chi connectivity index (χ4n) is 1.95. The topological polar surface area (TPSA) is 44.7 Å². The van der Waals surface area contributed by atoms with Crippen LogP contribution in [0.3, 0.4) is 0 Å². The molecular formula is C14H32N2O2. The van der Waals surface area contributed by atoms with Crippen LogP contribution < -0.4 is 5.32 Å². The lowest BCUT2D eigenvalue weighted by Crippen LogP contribution is -2.40. The summed E-state index contributed by atoms with van der Waals surface area (Å²) >= 11 is 0. The molecule has 0 aromatic heterocycles. The van der Waals surface area contributed by atoms with Crippen LogP contribution in [0.5, 0.6) is 0 Å². The molecule has 0 fully saturated rings. The Labute approximate surface area is 113 Å². The molecule has 0 aromatic carbocycles. The zero-order chi connectivity index (χ0) is 14.0. The molecule has 0 atom stereocenters. The first kappa shape index (κ1) is 17.8. The van der Waals surface area contributed by atoms with Crippen LogP contribution in [-0.2, 0) is 4.74 Å². The van der Waals surface area contributed by atoms with E-state index in [2.05, 4.69) is 45.0 Å². The Balaban J connectivity index is 3.70. The molecule has 0 aromatic rings. The van der Waals surface area contributed by atoms with Crippen LogP contribution in [0.2, 0.25) is 0 Å². The molecule has 0 rings (SSSR count). The van der Waals surface area contributed by atoms with Gasteiger partial charge in [-0.2, -0.15) is 0 Å². The van der Waals surface area contributed by atoms with Crippen molar-refractivity contribution in [2.75, 3.05) is 53.0 Å². The molecule has 0 aliphatic rings. The van der Waals surface area contributed by atoms with Crippen molar-refractivity contribution < 1.29 is 9.84 Å². The predicted octanol–water partition coefficient (Wildman–Crippen LogP) is 1.20. The van der Waals surface area contributed by atoms with Crippen molar-refractivity contribution in [3.8, 4) is 0 Å². The van der Waals surface area contributed by atoms with Crippen LogP contribution in [-0.4, -0.2) is 63.1 Å². The lowest BCUT2D eigenvalue weighted by molar-refractivity contribution is 0.0712. The van der Waals surface area contributed by atoms with Crippen molar-refractivity contribution in [1.29, 1.82) is 0 Å². The number of nitrogens with one attached hydrogen (secondary N) is 1. The third kappa shape index (κ3) is 11.0. The quantitative estimate of drug-likeness (QED) is 0.548. The summed E-state index contributed by atoms with van der Waals surface area (Å²) in [4.78, 5) is 2.29. The van der Waals surface area contributed by atoms with E-state index in [1.54, 1.807) is 0 Å². The van der Waals surface area contributed by atoms with Crippen molar-refractivity contribution in [3.63, 3.8) is 0 Å². The molecule has 2 N–H and O–H groups in total. The maximum absolute atomic E-state index is 8.61. The Hall–Kier alpha value is -0.160. The van der Waals surface area contributed by atoms with Gasteiger partial charge in [-0.3, -0.25) is 0 Å². The van der Waals surface area contributed by atoms with Gasteiger partial charge in [-0.1, -0.05) is 27.7 Å². The maximum atomic E-state index is 8.61. The van der Waals surface area contributed by atoms with Crippen LogP contribution in [0.25, 0.3) is 0 Å². The molecule has 0 aliphatic carbocycles. The van der Waals surface area contributed by atoms with Gasteiger partial charge in [0.25, 0.3) is 0 Å². The first-order valence-electron chi connectivity index (χ1n) is 6.95. The average Bonchev–Trinajstić information content (AvgIpc) is 2.22. The van der Waals surface area contributed by atoms with Gasteiger partial charge in [-0.05, 0) is 24.9 Å². The van der Waals surface area contributed by atoms with Crippen LogP contribution in [0, 0.1) is 11.3 Å². The minimum absolute atomic E-state index is 0.105. The summed E-state index contributed by atoms with van der Waals surface area (Å²) in [6.45, 7) is 14.3. The van der Waals surface area contributed by atoms with E-state index < -0.39 is 0 Å². The first-order valence-corrected chi connectivity index (χ1v) is 6.95. The van der Waals surface area contributed by atoms with Crippen molar-refractivity contribution >= 4 is 0 Å². The number of hydrogen-bond acceptors (Lipinski definition) is 4. The Morgan fingerprint density at radius 2 is 1.94 bits per heavy atom. The Kier molecular flexibility index (Phi) is 9.64. The summed E-state index contributed by atoms with van der Waals surface area (Å²) in [5.74, 6) is 0.699. The average molecular weight is 260 g/mol. The number of aliphatic hydroxyl groups is 1. The van der Waals surface area contributed by atoms with Crippen LogP contribution >= 0.6 is 0 Å². The second-order valence-electron chi connectivity index (χ2n) is 6.26. The summed E-state index contributed by atoms with van der Waals surface area (Å²) in [7, 11) is 2.12. The molecule has 4 nitrogen and oxygen atoms in total. The van der Waals surface area contributed by atoms with Gasteiger partial charge in [0, 0.05) is 19.6 Å². The second kappa shape index (κ2) is 9.73. The SMILES string of the molecule is CC(C)CNCC(C)(C)CN(C)CCOCCO. The minimum Gasteiger partial charge on any atom is -0.394 e. The second-order valence-corrected chi connectivity index (χ2v) is 6.26. The Morgan fingerprint density at radius 3 is 2.50 bits per heavy atom. The normalized spacial score (nSPS) is 12.7. The first-order chi connectivity index (χ1) is 8.37. The van der Waals surface area contributed by atoms with E-state index in [0.717, 1.165) is 26.2 Å². The molecule has 0 radical (unpaired) electrons. The monoisotopic (exact) mass is 260 g/mol. The van der Waals surface area contributed by atoms with Gasteiger partial charge in [0.15, 0.2) is 0 Å². The van der Waals surface area contributed by atoms with E-state index in [-0.39, 0.29) is 12.0 Å². The Morgan fingerprint density at radius 1 is 1.28 bits per heavy atom. The maximum Gasteiger partial charge on any atom is 0.0698 e. The number of nitrogens with zero attached hydrogens (tertiary/aromatic N) is 1. The summed E-state index contributed by atoms with van der Waals surface area (Å²) in [6, 6.07) is 0. The molecule has 110 valence electrons. The zero-order valence-electron chi connectivity index (χ0n) is 12.8. The lowest BCUT2D eigenvalue weighted by Gasteiger charge is -2.31. The van der Waals surface area contributed by atoms with E-state index in [1.165, 1.54) is 0 Å². The standard InChI is InChI=1S/C14H32N2O2/c1-13(2)10-15-11-14(3,4)12-16(5)6-8-18-9-7-17/h13,15,17H,6-12H2,1-5H3. The minimum atomic E-state index is 0.105. The van der Waals surface area contributed by atoms with E-state index in [0.29, 0.717) is 19.1 Å². The molecule has 0 bridgehead atoms. The van der Waals surface area contributed by atoms with E-state index in [1.807, 2.05) is 0 Å². The highest BCUT2D eigenvalue weighted by Gasteiger charge is 2.19. The fourth-order valence-corrected chi connectivity index (χ4v) is 1.95. The summed E-state index contributed by atoms with van der Waals surface area (Å²) in [6.07, 6.45) is 0. The number of ether oxygens (including phenoxy) is 1. The smallest absolute Gasteiger partial charge is 0.0698 e. The van der Waals surface area contributed by atoms with Crippen LogP contribution in [0.4, 0.5) is 0 Å².